The van der Waals surface area contributed by atoms with Gasteiger partial charge in [-0.25, -0.2) is 4.98 Å². The SMILES string of the molecule is CNC(=O)c1ccc(NC(=O)c2cnc(SC)n2-c2ccccc2)cc1. The molecule has 26 heavy (non-hydrogen) atoms. The highest BCUT2D eigenvalue weighted by Crippen LogP contribution is 2.22. The van der Waals surface area contributed by atoms with Gasteiger partial charge in [0.1, 0.15) is 5.69 Å². The number of amides is 2. The first-order valence-electron chi connectivity index (χ1n) is 7.94. The fourth-order valence-corrected chi connectivity index (χ4v) is 3.05. The first-order valence-corrected chi connectivity index (χ1v) is 9.17. The lowest BCUT2D eigenvalue weighted by molar-refractivity contribution is 0.0962. The molecule has 0 atom stereocenters. The van der Waals surface area contributed by atoms with E-state index in [2.05, 4.69) is 15.6 Å². The Morgan fingerprint density at radius 1 is 1.00 bits per heavy atom. The van der Waals surface area contributed by atoms with Crippen molar-refractivity contribution in [1.29, 1.82) is 0 Å². The van der Waals surface area contributed by atoms with Gasteiger partial charge in [0.2, 0.25) is 0 Å². The number of hydrogen-bond acceptors (Lipinski definition) is 4. The van der Waals surface area contributed by atoms with Gasteiger partial charge in [0.05, 0.1) is 6.20 Å². The van der Waals surface area contributed by atoms with Crippen LogP contribution in [0.5, 0.6) is 0 Å². The van der Waals surface area contributed by atoms with Crippen LogP contribution in [0.15, 0.2) is 66.0 Å². The molecule has 132 valence electrons. The van der Waals surface area contributed by atoms with Crippen molar-refractivity contribution in [3.05, 3.63) is 72.1 Å². The van der Waals surface area contributed by atoms with E-state index < -0.39 is 0 Å². The molecule has 1 heterocycles. The van der Waals surface area contributed by atoms with Crippen LogP contribution in [0.1, 0.15) is 20.8 Å². The normalized spacial score (nSPS) is 10.4. The molecule has 0 spiro atoms. The molecule has 6 nitrogen and oxygen atoms in total. The second-order valence-corrected chi connectivity index (χ2v) is 6.19. The Bertz CT molecular complexity index is 920. The summed E-state index contributed by atoms with van der Waals surface area (Å²) >= 11 is 1.47. The number of nitrogens with one attached hydrogen (secondary N) is 2. The van der Waals surface area contributed by atoms with Gasteiger partial charge in [0.25, 0.3) is 11.8 Å². The fraction of sp³-hybridized carbons (Fsp3) is 0.105. The summed E-state index contributed by atoms with van der Waals surface area (Å²) in [7, 11) is 1.58. The van der Waals surface area contributed by atoms with Crippen LogP contribution >= 0.6 is 11.8 Å². The third-order valence-electron chi connectivity index (χ3n) is 3.79. The van der Waals surface area contributed by atoms with Crippen molar-refractivity contribution in [1.82, 2.24) is 14.9 Å². The van der Waals surface area contributed by atoms with E-state index in [1.165, 1.54) is 11.8 Å². The van der Waals surface area contributed by atoms with Gasteiger partial charge in [0.15, 0.2) is 5.16 Å². The number of anilines is 1. The average molecular weight is 366 g/mol. The summed E-state index contributed by atoms with van der Waals surface area (Å²) in [6.07, 6.45) is 3.48. The molecule has 2 aromatic carbocycles. The van der Waals surface area contributed by atoms with Crippen molar-refractivity contribution in [2.24, 2.45) is 0 Å². The first-order chi connectivity index (χ1) is 12.6. The summed E-state index contributed by atoms with van der Waals surface area (Å²) in [6.45, 7) is 0. The first kappa shape index (κ1) is 17.8. The molecule has 0 aliphatic heterocycles. The summed E-state index contributed by atoms with van der Waals surface area (Å²) in [4.78, 5) is 28.7. The van der Waals surface area contributed by atoms with Gasteiger partial charge in [-0.05, 0) is 42.7 Å². The Labute approximate surface area is 155 Å². The molecule has 2 N–H and O–H groups in total. The van der Waals surface area contributed by atoms with E-state index in [1.807, 2.05) is 41.2 Å². The van der Waals surface area contributed by atoms with Crippen molar-refractivity contribution in [3.8, 4) is 5.69 Å². The van der Waals surface area contributed by atoms with Gasteiger partial charge in [-0.3, -0.25) is 14.2 Å². The highest BCUT2D eigenvalue weighted by atomic mass is 32.2. The van der Waals surface area contributed by atoms with Crippen LogP contribution in [0, 0.1) is 0 Å². The van der Waals surface area contributed by atoms with Crippen molar-refractivity contribution in [3.63, 3.8) is 0 Å². The predicted molar refractivity (Wildman–Crippen MR) is 103 cm³/mol. The lowest BCUT2D eigenvalue weighted by Crippen LogP contribution is -2.18. The Hall–Kier alpha value is -3.06. The molecule has 0 aliphatic rings. The Morgan fingerprint density at radius 2 is 1.69 bits per heavy atom. The van der Waals surface area contributed by atoms with Crippen molar-refractivity contribution in [2.45, 2.75) is 5.16 Å². The van der Waals surface area contributed by atoms with E-state index in [9.17, 15) is 9.59 Å². The summed E-state index contributed by atoms with van der Waals surface area (Å²) in [5.41, 5.74) is 2.45. The molecule has 0 bridgehead atoms. The second-order valence-electron chi connectivity index (χ2n) is 5.41. The molecule has 0 aliphatic carbocycles. The molecular weight excluding hydrogens is 348 g/mol. The van der Waals surface area contributed by atoms with Crippen LogP contribution in [0.2, 0.25) is 0 Å². The standard InChI is InChI=1S/C19H18N4O2S/c1-20-17(24)13-8-10-14(11-9-13)22-18(25)16-12-21-19(26-2)23(16)15-6-4-3-5-7-15/h3-12H,1-2H3,(H,20,24)(H,22,25). The summed E-state index contributed by atoms with van der Waals surface area (Å²) < 4.78 is 1.82. The quantitative estimate of drug-likeness (QED) is 0.680. The number of thioether (sulfide) groups is 1. The monoisotopic (exact) mass is 366 g/mol. The maximum Gasteiger partial charge on any atom is 0.274 e. The molecule has 2 amide bonds. The highest BCUT2D eigenvalue weighted by molar-refractivity contribution is 7.98. The second kappa shape index (κ2) is 7.88. The van der Waals surface area contributed by atoms with Gasteiger partial charge in [-0.2, -0.15) is 0 Å². The lowest BCUT2D eigenvalue weighted by atomic mass is 10.2. The summed E-state index contributed by atoms with van der Waals surface area (Å²) in [5, 5.41) is 6.14. The van der Waals surface area contributed by atoms with Gasteiger partial charge in [-0.1, -0.05) is 30.0 Å². The average Bonchev–Trinajstić information content (AvgIpc) is 3.13. The molecule has 0 fully saturated rings. The summed E-state index contributed by atoms with van der Waals surface area (Å²) in [6, 6.07) is 16.3. The number of hydrogen-bond donors (Lipinski definition) is 2. The van der Waals surface area contributed by atoms with E-state index >= 15 is 0 Å². The van der Waals surface area contributed by atoms with Gasteiger partial charge in [0, 0.05) is 24.0 Å². The maximum atomic E-state index is 12.8. The van der Waals surface area contributed by atoms with Crippen LogP contribution in [0.3, 0.4) is 0 Å². The maximum absolute atomic E-state index is 12.8. The lowest BCUT2D eigenvalue weighted by Gasteiger charge is -2.11. The van der Waals surface area contributed by atoms with E-state index in [1.54, 1.807) is 37.5 Å². The predicted octanol–water partition coefficient (Wildman–Crippen LogP) is 3.21. The minimum atomic E-state index is -0.269. The van der Waals surface area contributed by atoms with Crippen LogP contribution < -0.4 is 10.6 Å². The number of carbonyl (C=O) groups is 2. The smallest absolute Gasteiger partial charge is 0.274 e. The van der Waals surface area contributed by atoms with Crippen LogP contribution in [0.25, 0.3) is 5.69 Å². The minimum absolute atomic E-state index is 0.172. The molecule has 7 heteroatoms. The van der Waals surface area contributed by atoms with Gasteiger partial charge >= 0.3 is 0 Å². The topological polar surface area (TPSA) is 76.0 Å². The molecule has 0 radical (unpaired) electrons. The van der Waals surface area contributed by atoms with Crippen LogP contribution in [-0.2, 0) is 0 Å². The zero-order valence-electron chi connectivity index (χ0n) is 14.4. The molecule has 0 saturated carbocycles. The Morgan fingerprint density at radius 3 is 2.31 bits per heavy atom. The largest absolute Gasteiger partial charge is 0.355 e. The molecule has 3 rings (SSSR count). The number of aromatic nitrogens is 2. The number of carbonyl (C=O) groups excluding carboxylic acids is 2. The van der Waals surface area contributed by atoms with E-state index in [-0.39, 0.29) is 11.8 Å². The van der Waals surface area contributed by atoms with E-state index in [4.69, 9.17) is 0 Å². The number of imidazole rings is 1. The van der Waals surface area contributed by atoms with Gasteiger partial charge < -0.3 is 10.6 Å². The van der Waals surface area contributed by atoms with Crippen LogP contribution in [0.4, 0.5) is 5.69 Å². The zero-order chi connectivity index (χ0) is 18.5. The molecule has 0 unspecified atom stereocenters. The van der Waals surface area contributed by atoms with E-state index in [0.717, 1.165) is 10.8 Å². The van der Waals surface area contributed by atoms with Crippen molar-refractivity contribution >= 4 is 29.3 Å². The number of para-hydroxylation sites is 1. The Kier molecular flexibility index (Phi) is 5.38. The molecule has 1 aromatic heterocycles. The number of rotatable bonds is 5. The molecular formula is C19H18N4O2S. The van der Waals surface area contributed by atoms with Gasteiger partial charge in [-0.15, -0.1) is 0 Å². The third-order valence-corrected chi connectivity index (χ3v) is 4.44. The summed E-state index contributed by atoms with van der Waals surface area (Å²) in [5.74, 6) is -0.441. The van der Waals surface area contributed by atoms with Crippen molar-refractivity contribution in [2.75, 3.05) is 18.6 Å². The number of nitrogens with zero attached hydrogens (tertiary/aromatic N) is 2. The molecule has 0 saturated heterocycles. The molecule has 3 aromatic rings. The van der Waals surface area contributed by atoms with Crippen LogP contribution in [-0.4, -0.2) is 34.7 Å². The minimum Gasteiger partial charge on any atom is -0.355 e. The fourth-order valence-electron chi connectivity index (χ4n) is 2.51. The third kappa shape index (κ3) is 3.62. The van der Waals surface area contributed by atoms with Crippen molar-refractivity contribution < 1.29 is 9.59 Å². The Balaban J connectivity index is 1.87. The highest BCUT2D eigenvalue weighted by Gasteiger charge is 2.17. The van der Waals surface area contributed by atoms with E-state index in [0.29, 0.717) is 16.9 Å². The number of benzene rings is 2. The zero-order valence-corrected chi connectivity index (χ0v) is 15.2.